The van der Waals surface area contributed by atoms with Gasteiger partial charge in [0, 0.05) is 49.9 Å². The smallest absolute Gasteiger partial charge is 0.222 e. The zero-order valence-corrected chi connectivity index (χ0v) is 15.1. The monoisotopic (exact) mass is 357 g/mol. The number of carbonyl (C=O) groups is 1. The number of benzene rings is 2. The van der Waals surface area contributed by atoms with Gasteiger partial charge >= 0.3 is 0 Å². The van der Waals surface area contributed by atoms with Crippen LogP contribution in [0.25, 0.3) is 0 Å². The Kier molecular flexibility index (Phi) is 5.95. The second-order valence-corrected chi connectivity index (χ2v) is 6.92. The number of nitrogen functional groups attached to an aromatic ring is 1. The standard InChI is InChI=1S/C20H24ClN3O/c21-18-8-5-16(6-9-18)15-23-11-13-24(14-12-23)20(25)10-7-17-3-1-2-4-19(17)22/h1-6,8-9H,7,10-15,22H2. The van der Waals surface area contributed by atoms with Gasteiger partial charge in [-0.2, -0.15) is 0 Å². The third-order valence-electron chi connectivity index (χ3n) is 4.71. The Morgan fingerprint density at radius 1 is 1.00 bits per heavy atom. The molecule has 1 amide bonds. The molecule has 5 heteroatoms. The van der Waals surface area contributed by atoms with Crippen molar-refractivity contribution in [2.45, 2.75) is 19.4 Å². The summed E-state index contributed by atoms with van der Waals surface area (Å²) in [4.78, 5) is 16.8. The van der Waals surface area contributed by atoms with E-state index in [1.54, 1.807) is 0 Å². The zero-order chi connectivity index (χ0) is 17.6. The highest BCUT2D eigenvalue weighted by Crippen LogP contribution is 2.15. The molecule has 1 saturated heterocycles. The minimum atomic E-state index is 0.217. The fraction of sp³-hybridized carbons (Fsp3) is 0.350. The highest BCUT2D eigenvalue weighted by Gasteiger charge is 2.21. The van der Waals surface area contributed by atoms with Gasteiger partial charge in [-0.3, -0.25) is 9.69 Å². The highest BCUT2D eigenvalue weighted by molar-refractivity contribution is 6.30. The molecule has 1 heterocycles. The van der Waals surface area contributed by atoms with Crippen LogP contribution in [0.1, 0.15) is 17.5 Å². The number of amides is 1. The van der Waals surface area contributed by atoms with E-state index in [-0.39, 0.29) is 5.91 Å². The lowest BCUT2D eigenvalue weighted by Gasteiger charge is -2.35. The first-order valence-corrected chi connectivity index (χ1v) is 9.07. The second kappa shape index (κ2) is 8.37. The Morgan fingerprint density at radius 3 is 2.36 bits per heavy atom. The third kappa shape index (κ3) is 4.97. The van der Waals surface area contributed by atoms with Gasteiger partial charge in [0.1, 0.15) is 0 Å². The van der Waals surface area contributed by atoms with Gasteiger partial charge in [0.05, 0.1) is 0 Å². The van der Waals surface area contributed by atoms with Crippen LogP contribution in [-0.4, -0.2) is 41.9 Å². The first-order valence-electron chi connectivity index (χ1n) is 8.70. The van der Waals surface area contributed by atoms with Gasteiger partial charge in [0.2, 0.25) is 5.91 Å². The molecule has 1 fully saturated rings. The molecule has 3 rings (SSSR count). The molecular weight excluding hydrogens is 334 g/mol. The number of nitrogens with zero attached hydrogens (tertiary/aromatic N) is 2. The summed E-state index contributed by atoms with van der Waals surface area (Å²) in [5.74, 6) is 0.217. The quantitative estimate of drug-likeness (QED) is 0.836. The van der Waals surface area contributed by atoms with Gasteiger partial charge < -0.3 is 10.6 Å². The summed E-state index contributed by atoms with van der Waals surface area (Å²) in [5.41, 5.74) is 9.02. The van der Waals surface area contributed by atoms with Crippen molar-refractivity contribution >= 4 is 23.2 Å². The Balaban J connectivity index is 1.44. The molecule has 0 spiro atoms. The maximum Gasteiger partial charge on any atom is 0.222 e. The summed E-state index contributed by atoms with van der Waals surface area (Å²) >= 11 is 5.93. The first-order chi connectivity index (χ1) is 12.1. The zero-order valence-electron chi connectivity index (χ0n) is 14.3. The van der Waals surface area contributed by atoms with Crippen LogP contribution >= 0.6 is 11.6 Å². The topological polar surface area (TPSA) is 49.6 Å². The van der Waals surface area contributed by atoms with Gasteiger partial charge in [-0.25, -0.2) is 0 Å². The number of carbonyl (C=O) groups excluding carboxylic acids is 1. The van der Waals surface area contributed by atoms with Crippen molar-refractivity contribution in [1.82, 2.24) is 9.80 Å². The van der Waals surface area contributed by atoms with E-state index in [0.717, 1.165) is 49.0 Å². The van der Waals surface area contributed by atoms with E-state index in [1.807, 2.05) is 41.3 Å². The SMILES string of the molecule is Nc1ccccc1CCC(=O)N1CCN(Cc2ccc(Cl)cc2)CC1. The van der Waals surface area contributed by atoms with Crippen LogP contribution < -0.4 is 5.73 Å². The van der Waals surface area contributed by atoms with Crippen molar-refractivity contribution in [1.29, 1.82) is 0 Å². The van der Waals surface area contributed by atoms with Crippen molar-refractivity contribution < 1.29 is 4.79 Å². The largest absolute Gasteiger partial charge is 0.399 e. The molecule has 4 nitrogen and oxygen atoms in total. The second-order valence-electron chi connectivity index (χ2n) is 6.48. The normalized spacial score (nSPS) is 15.3. The number of nitrogens with two attached hydrogens (primary N) is 1. The van der Waals surface area contributed by atoms with E-state index in [1.165, 1.54) is 5.56 Å². The van der Waals surface area contributed by atoms with Crippen molar-refractivity contribution in [2.75, 3.05) is 31.9 Å². The molecule has 132 valence electrons. The lowest BCUT2D eigenvalue weighted by atomic mass is 10.1. The molecule has 0 atom stereocenters. The van der Waals surface area contributed by atoms with E-state index in [0.29, 0.717) is 12.8 Å². The first kappa shape index (κ1) is 17.8. The predicted molar refractivity (Wildman–Crippen MR) is 102 cm³/mol. The summed E-state index contributed by atoms with van der Waals surface area (Å²) in [7, 11) is 0. The molecule has 0 aliphatic carbocycles. The van der Waals surface area contributed by atoms with Gasteiger partial charge in [0.15, 0.2) is 0 Å². The molecule has 25 heavy (non-hydrogen) atoms. The van der Waals surface area contributed by atoms with Crippen LogP contribution in [0, 0.1) is 0 Å². The molecule has 0 radical (unpaired) electrons. The number of anilines is 1. The molecule has 2 N–H and O–H groups in total. The lowest BCUT2D eigenvalue weighted by Crippen LogP contribution is -2.48. The van der Waals surface area contributed by atoms with Crippen LogP contribution in [0.5, 0.6) is 0 Å². The average Bonchev–Trinajstić information content (AvgIpc) is 2.63. The maximum atomic E-state index is 12.4. The Labute approximate surface area is 154 Å². The van der Waals surface area contributed by atoms with Gasteiger partial charge in [-0.15, -0.1) is 0 Å². The number of rotatable bonds is 5. The summed E-state index contributed by atoms with van der Waals surface area (Å²) in [6, 6.07) is 15.7. The number of aryl methyl sites for hydroxylation is 1. The van der Waals surface area contributed by atoms with E-state index in [2.05, 4.69) is 17.0 Å². The number of para-hydroxylation sites is 1. The predicted octanol–water partition coefficient (Wildman–Crippen LogP) is 3.20. The Morgan fingerprint density at radius 2 is 1.68 bits per heavy atom. The summed E-state index contributed by atoms with van der Waals surface area (Å²) in [6.07, 6.45) is 1.22. The minimum Gasteiger partial charge on any atom is -0.399 e. The Bertz CT molecular complexity index is 709. The molecule has 0 unspecified atom stereocenters. The summed E-state index contributed by atoms with van der Waals surface area (Å²) in [5, 5.41) is 0.762. The number of halogens is 1. The van der Waals surface area contributed by atoms with E-state index in [4.69, 9.17) is 17.3 Å². The minimum absolute atomic E-state index is 0.217. The summed E-state index contributed by atoms with van der Waals surface area (Å²) < 4.78 is 0. The van der Waals surface area contributed by atoms with Crippen molar-refractivity contribution in [3.63, 3.8) is 0 Å². The van der Waals surface area contributed by atoms with Crippen LogP contribution in [0.4, 0.5) is 5.69 Å². The fourth-order valence-electron chi connectivity index (χ4n) is 3.16. The third-order valence-corrected chi connectivity index (χ3v) is 4.96. The molecule has 0 saturated carbocycles. The van der Waals surface area contributed by atoms with Crippen molar-refractivity contribution in [3.05, 3.63) is 64.7 Å². The molecule has 1 aliphatic rings. The van der Waals surface area contributed by atoms with Gasteiger partial charge in [-0.05, 0) is 35.7 Å². The van der Waals surface area contributed by atoms with Crippen molar-refractivity contribution in [2.24, 2.45) is 0 Å². The van der Waals surface area contributed by atoms with Crippen molar-refractivity contribution in [3.8, 4) is 0 Å². The molecule has 0 aromatic heterocycles. The van der Waals surface area contributed by atoms with E-state index in [9.17, 15) is 4.79 Å². The van der Waals surface area contributed by atoms with E-state index < -0.39 is 0 Å². The van der Waals surface area contributed by atoms with Gasteiger partial charge in [-0.1, -0.05) is 41.9 Å². The van der Waals surface area contributed by atoms with Crippen LogP contribution in [-0.2, 0) is 17.8 Å². The number of piperazine rings is 1. The number of hydrogen-bond acceptors (Lipinski definition) is 3. The highest BCUT2D eigenvalue weighted by atomic mass is 35.5. The maximum absolute atomic E-state index is 12.4. The van der Waals surface area contributed by atoms with Crippen LogP contribution in [0.15, 0.2) is 48.5 Å². The molecule has 1 aliphatic heterocycles. The average molecular weight is 358 g/mol. The molecule has 2 aromatic carbocycles. The van der Waals surface area contributed by atoms with Crippen LogP contribution in [0.2, 0.25) is 5.02 Å². The Hall–Kier alpha value is -2.04. The molecule has 0 bridgehead atoms. The lowest BCUT2D eigenvalue weighted by molar-refractivity contribution is -0.132. The summed E-state index contributed by atoms with van der Waals surface area (Å²) in [6.45, 7) is 4.29. The van der Waals surface area contributed by atoms with E-state index >= 15 is 0 Å². The fourth-order valence-corrected chi connectivity index (χ4v) is 3.29. The van der Waals surface area contributed by atoms with Gasteiger partial charge in [0.25, 0.3) is 0 Å². The van der Waals surface area contributed by atoms with Crippen LogP contribution in [0.3, 0.4) is 0 Å². The molecule has 2 aromatic rings. The molecular formula is C20H24ClN3O. The number of hydrogen-bond donors (Lipinski definition) is 1.